The van der Waals surface area contributed by atoms with Crippen molar-refractivity contribution in [2.45, 2.75) is 13.8 Å². The number of anilines is 1. The third-order valence-electron chi connectivity index (χ3n) is 4.11. The molecule has 1 N–H and O–H groups in total. The van der Waals surface area contributed by atoms with Gasteiger partial charge in [-0.15, -0.1) is 0 Å². The van der Waals surface area contributed by atoms with Gasteiger partial charge < -0.3 is 10.2 Å². The van der Waals surface area contributed by atoms with Gasteiger partial charge in [-0.25, -0.2) is 0 Å². The van der Waals surface area contributed by atoms with Crippen LogP contribution in [0.5, 0.6) is 0 Å². The van der Waals surface area contributed by atoms with Crippen molar-refractivity contribution < 1.29 is 9.59 Å². The number of carbonyl (C=O) groups is 2. The van der Waals surface area contributed by atoms with E-state index in [2.05, 4.69) is 10.3 Å². The number of hydrogen-bond donors (Lipinski definition) is 1. The molecule has 0 saturated heterocycles. The second-order valence-corrected chi connectivity index (χ2v) is 6.57. The van der Waals surface area contributed by atoms with E-state index in [1.807, 2.05) is 32.0 Å². The van der Waals surface area contributed by atoms with Gasteiger partial charge in [-0.2, -0.15) is 0 Å². The van der Waals surface area contributed by atoms with Crippen LogP contribution in [-0.2, 0) is 0 Å². The number of benzene rings is 2. The Hall–Kier alpha value is -3.21. The topological polar surface area (TPSA) is 62.3 Å². The summed E-state index contributed by atoms with van der Waals surface area (Å²) >= 11 is 0. The van der Waals surface area contributed by atoms with Crippen LogP contribution in [0.15, 0.2) is 48.5 Å². The van der Waals surface area contributed by atoms with Gasteiger partial charge in [-0.05, 0) is 50.2 Å². The summed E-state index contributed by atoms with van der Waals surface area (Å²) in [5, 5.41) is 3.71. The molecule has 0 aliphatic heterocycles. The minimum Gasteiger partial charge on any atom is -0.345 e. The average molecular weight is 347 g/mol. The quantitative estimate of drug-likeness (QED) is 0.784. The number of hydrogen-bond acceptors (Lipinski definition) is 3. The number of fused-ring (bicyclic) bond motifs is 1. The SMILES string of the molecule is Cc1ccc2nc(C)cc(C(=O)Nc3cccc(C(=O)N(C)C)c3)c2c1. The lowest BCUT2D eigenvalue weighted by atomic mass is 10.0. The third kappa shape index (κ3) is 3.57. The van der Waals surface area contributed by atoms with Crippen LogP contribution in [0.3, 0.4) is 0 Å². The second kappa shape index (κ2) is 6.96. The highest BCUT2D eigenvalue weighted by atomic mass is 16.2. The van der Waals surface area contributed by atoms with Gasteiger partial charge >= 0.3 is 0 Å². The van der Waals surface area contributed by atoms with E-state index >= 15 is 0 Å². The van der Waals surface area contributed by atoms with Crippen LogP contribution in [0, 0.1) is 13.8 Å². The first-order chi connectivity index (χ1) is 12.3. The van der Waals surface area contributed by atoms with Gasteiger partial charge in [0.15, 0.2) is 0 Å². The predicted octanol–water partition coefficient (Wildman–Crippen LogP) is 3.81. The number of pyridine rings is 1. The Morgan fingerprint density at radius 3 is 2.50 bits per heavy atom. The number of rotatable bonds is 3. The lowest BCUT2D eigenvalue weighted by Gasteiger charge is -2.13. The van der Waals surface area contributed by atoms with Crippen molar-refractivity contribution in [2.75, 3.05) is 19.4 Å². The molecule has 0 atom stereocenters. The van der Waals surface area contributed by atoms with Crippen LogP contribution in [-0.4, -0.2) is 35.8 Å². The van der Waals surface area contributed by atoms with Crippen LogP contribution in [0.25, 0.3) is 10.9 Å². The fraction of sp³-hybridized carbons (Fsp3) is 0.190. The molecule has 1 aromatic heterocycles. The molecule has 2 amide bonds. The summed E-state index contributed by atoms with van der Waals surface area (Å²) in [7, 11) is 3.39. The summed E-state index contributed by atoms with van der Waals surface area (Å²) in [4.78, 5) is 31.0. The summed E-state index contributed by atoms with van der Waals surface area (Å²) in [6.45, 7) is 3.85. The minimum atomic E-state index is -0.222. The number of aryl methyl sites for hydroxylation is 2. The summed E-state index contributed by atoms with van der Waals surface area (Å²) < 4.78 is 0. The summed E-state index contributed by atoms with van der Waals surface area (Å²) in [5.74, 6) is -0.331. The minimum absolute atomic E-state index is 0.109. The Morgan fingerprint density at radius 2 is 1.77 bits per heavy atom. The van der Waals surface area contributed by atoms with Crippen molar-refractivity contribution in [3.05, 3.63) is 70.9 Å². The van der Waals surface area contributed by atoms with Gasteiger partial charge in [-0.1, -0.05) is 17.7 Å². The normalized spacial score (nSPS) is 10.6. The molecule has 0 saturated carbocycles. The lowest BCUT2D eigenvalue weighted by molar-refractivity contribution is 0.0827. The van der Waals surface area contributed by atoms with E-state index in [0.29, 0.717) is 16.8 Å². The molecule has 5 heteroatoms. The van der Waals surface area contributed by atoms with Crippen molar-refractivity contribution >= 4 is 28.4 Å². The molecule has 0 unspecified atom stereocenters. The first-order valence-electron chi connectivity index (χ1n) is 8.36. The van der Waals surface area contributed by atoms with Crippen LogP contribution in [0.1, 0.15) is 32.0 Å². The Kier molecular flexibility index (Phi) is 4.71. The van der Waals surface area contributed by atoms with Gasteiger partial charge in [0.2, 0.25) is 0 Å². The third-order valence-corrected chi connectivity index (χ3v) is 4.11. The Morgan fingerprint density at radius 1 is 1.00 bits per heavy atom. The highest BCUT2D eigenvalue weighted by molar-refractivity contribution is 6.12. The Labute approximate surface area is 152 Å². The van der Waals surface area contributed by atoms with Crippen molar-refractivity contribution in [1.82, 2.24) is 9.88 Å². The highest BCUT2D eigenvalue weighted by Gasteiger charge is 2.14. The van der Waals surface area contributed by atoms with Gasteiger partial charge in [0.25, 0.3) is 11.8 Å². The molecule has 5 nitrogen and oxygen atoms in total. The molecule has 0 aliphatic carbocycles. The van der Waals surface area contributed by atoms with Gasteiger partial charge in [-0.3, -0.25) is 14.6 Å². The molecule has 3 rings (SSSR count). The standard InChI is InChI=1S/C21H21N3O2/c1-13-8-9-19-17(10-13)18(11-14(2)22-19)20(25)23-16-7-5-6-15(12-16)21(26)24(3)4/h5-12H,1-4H3,(H,23,25). The van der Waals surface area contributed by atoms with Crippen LogP contribution in [0.4, 0.5) is 5.69 Å². The molecule has 3 aromatic rings. The number of nitrogens with zero attached hydrogens (tertiary/aromatic N) is 2. The molecule has 132 valence electrons. The largest absolute Gasteiger partial charge is 0.345 e. The lowest BCUT2D eigenvalue weighted by Crippen LogP contribution is -2.22. The molecular weight excluding hydrogens is 326 g/mol. The maximum absolute atomic E-state index is 12.9. The van der Waals surface area contributed by atoms with E-state index in [-0.39, 0.29) is 11.8 Å². The predicted molar refractivity (Wildman–Crippen MR) is 104 cm³/mol. The monoisotopic (exact) mass is 347 g/mol. The zero-order chi connectivity index (χ0) is 18.8. The Bertz CT molecular complexity index is 1010. The zero-order valence-corrected chi connectivity index (χ0v) is 15.3. The maximum Gasteiger partial charge on any atom is 0.256 e. The van der Waals surface area contributed by atoms with E-state index in [1.165, 1.54) is 4.90 Å². The smallest absolute Gasteiger partial charge is 0.256 e. The van der Waals surface area contributed by atoms with Crippen LogP contribution < -0.4 is 5.32 Å². The second-order valence-electron chi connectivity index (χ2n) is 6.57. The molecule has 0 spiro atoms. The zero-order valence-electron chi connectivity index (χ0n) is 15.3. The number of nitrogens with one attached hydrogen (secondary N) is 1. The van der Waals surface area contributed by atoms with Gasteiger partial charge in [0.05, 0.1) is 11.1 Å². The molecule has 0 radical (unpaired) electrons. The van der Waals surface area contributed by atoms with Gasteiger partial charge in [0.1, 0.15) is 0 Å². The molecule has 0 aliphatic rings. The van der Waals surface area contributed by atoms with E-state index in [1.54, 1.807) is 44.4 Å². The number of amides is 2. The van der Waals surface area contributed by atoms with Crippen molar-refractivity contribution in [3.8, 4) is 0 Å². The van der Waals surface area contributed by atoms with E-state index < -0.39 is 0 Å². The van der Waals surface area contributed by atoms with E-state index in [4.69, 9.17) is 0 Å². The van der Waals surface area contributed by atoms with E-state index in [9.17, 15) is 9.59 Å². The number of carbonyl (C=O) groups excluding carboxylic acids is 2. The molecule has 0 bridgehead atoms. The molecular formula is C21H21N3O2. The average Bonchev–Trinajstić information content (AvgIpc) is 2.60. The number of aromatic nitrogens is 1. The maximum atomic E-state index is 12.9. The molecule has 1 heterocycles. The fourth-order valence-corrected chi connectivity index (χ4v) is 2.85. The van der Waals surface area contributed by atoms with Crippen LogP contribution in [0.2, 0.25) is 0 Å². The Balaban J connectivity index is 1.96. The fourth-order valence-electron chi connectivity index (χ4n) is 2.85. The first-order valence-corrected chi connectivity index (χ1v) is 8.36. The van der Waals surface area contributed by atoms with Crippen molar-refractivity contribution in [1.29, 1.82) is 0 Å². The van der Waals surface area contributed by atoms with Gasteiger partial charge in [0, 0.05) is 36.4 Å². The summed E-state index contributed by atoms with van der Waals surface area (Å²) in [6.07, 6.45) is 0. The van der Waals surface area contributed by atoms with Crippen molar-refractivity contribution in [2.24, 2.45) is 0 Å². The van der Waals surface area contributed by atoms with Crippen molar-refractivity contribution in [3.63, 3.8) is 0 Å². The highest BCUT2D eigenvalue weighted by Crippen LogP contribution is 2.22. The summed E-state index contributed by atoms with van der Waals surface area (Å²) in [6, 6.07) is 14.6. The van der Waals surface area contributed by atoms with Crippen LogP contribution >= 0.6 is 0 Å². The van der Waals surface area contributed by atoms with E-state index in [0.717, 1.165) is 22.2 Å². The first kappa shape index (κ1) is 17.6. The molecule has 0 fully saturated rings. The molecule has 2 aromatic carbocycles. The summed E-state index contributed by atoms with van der Waals surface area (Å²) in [5.41, 5.74) is 4.31. The molecule has 26 heavy (non-hydrogen) atoms.